The second kappa shape index (κ2) is 12.4. The van der Waals surface area contributed by atoms with Crippen molar-refractivity contribution in [1.82, 2.24) is 9.97 Å². The van der Waals surface area contributed by atoms with Crippen molar-refractivity contribution in [3.63, 3.8) is 0 Å². The van der Waals surface area contributed by atoms with Crippen molar-refractivity contribution in [3.8, 4) is 0 Å². The summed E-state index contributed by atoms with van der Waals surface area (Å²) in [5, 5.41) is 1.02. The molecule has 5 aromatic rings. The highest BCUT2D eigenvalue weighted by molar-refractivity contribution is 5.80. The van der Waals surface area contributed by atoms with Crippen molar-refractivity contribution in [1.29, 1.82) is 0 Å². The van der Waals surface area contributed by atoms with Crippen LogP contribution in [0, 0.1) is 0 Å². The maximum absolute atomic E-state index is 6.73. The number of fused-ring (bicyclic) bond motifs is 1. The van der Waals surface area contributed by atoms with E-state index in [-0.39, 0.29) is 24.4 Å². The predicted octanol–water partition coefficient (Wildman–Crippen LogP) is 6.39. The van der Waals surface area contributed by atoms with Crippen LogP contribution in [0.1, 0.15) is 28.4 Å². The van der Waals surface area contributed by atoms with E-state index in [0.717, 1.165) is 33.3 Å². The number of nitrogens with one attached hydrogen (secondary N) is 1. The molecule has 0 radical (unpaired) electrons. The van der Waals surface area contributed by atoms with Gasteiger partial charge in [-0.3, -0.25) is 0 Å². The van der Waals surface area contributed by atoms with E-state index >= 15 is 0 Å². The smallest absolute Gasteiger partial charge is 0.137 e. The molecule has 0 unspecified atom stereocenters. The van der Waals surface area contributed by atoms with Gasteiger partial charge in [0.05, 0.1) is 26.4 Å². The van der Waals surface area contributed by atoms with Crippen molar-refractivity contribution < 1.29 is 18.9 Å². The lowest BCUT2D eigenvalue weighted by atomic mass is 10.0. The average Bonchev–Trinajstić information content (AvgIpc) is 3.57. The standard InChI is InChI=1S/C33H32N2O4/c1-4-11-24(12-5-1)20-36-23-29-31(37-21-25-13-6-2-7-14-25)32(38-22-26-15-8-3-9-16-26)30(39-29)28-19-35-33-27(28)17-10-18-34-33/h1-19,29-32H,20-23H2,(H,34,35)/t29-,30-,31-,32-/m1/s1. The number of benzene rings is 3. The maximum atomic E-state index is 6.73. The van der Waals surface area contributed by atoms with Crippen LogP contribution in [0.5, 0.6) is 0 Å². The Morgan fingerprint density at radius 3 is 1.90 bits per heavy atom. The van der Waals surface area contributed by atoms with Crippen LogP contribution >= 0.6 is 0 Å². The molecule has 1 aliphatic heterocycles. The molecule has 2 aromatic heterocycles. The number of hydrogen-bond donors (Lipinski definition) is 1. The molecule has 39 heavy (non-hydrogen) atoms. The highest BCUT2D eigenvalue weighted by atomic mass is 16.6. The third-order valence-corrected chi connectivity index (χ3v) is 7.06. The fraction of sp³-hybridized carbons (Fsp3) is 0.242. The summed E-state index contributed by atoms with van der Waals surface area (Å²) in [6, 6.07) is 34.6. The topological polar surface area (TPSA) is 65.6 Å². The first-order valence-corrected chi connectivity index (χ1v) is 13.4. The summed E-state index contributed by atoms with van der Waals surface area (Å²) in [6.07, 6.45) is 2.41. The van der Waals surface area contributed by atoms with Gasteiger partial charge in [0, 0.05) is 23.3 Å². The summed E-state index contributed by atoms with van der Waals surface area (Å²) >= 11 is 0. The third kappa shape index (κ3) is 6.10. The zero-order chi connectivity index (χ0) is 26.3. The van der Waals surface area contributed by atoms with Gasteiger partial charge in [0.15, 0.2) is 0 Å². The first-order chi connectivity index (χ1) is 19.3. The number of ether oxygens (including phenoxy) is 4. The van der Waals surface area contributed by atoms with Crippen LogP contribution in [0.15, 0.2) is 116 Å². The van der Waals surface area contributed by atoms with Gasteiger partial charge in [0.2, 0.25) is 0 Å². The Hall–Kier alpha value is -3.81. The maximum Gasteiger partial charge on any atom is 0.137 e. The normalized spacial score (nSPS) is 20.9. The van der Waals surface area contributed by atoms with Gasteiger partial charge >= 0.3 is 0 Å². The second-order valence-electron chi connectivity index (χ2n) is 9.76. The van der Waals surface area contributed by atoms with Gasteiger partial charge in [-0.1, -0.05) is 91.0 Å². The van der Waals surface area contributed by atoms with Gasteiger partial charge in [-0.05, 0) is 28.8 Å². The van der Waals surface area contributed by atoms with Crippen LogP contribution in [-0.2, 0) is 38.8 Å². The van der Waals surface area contributed by atoms with Gasteiger partial charge in [-0.25, -0.2) is 4.98 Å². The Morgan fingerprint density at radius 2 is 1.26 bits per heavy atom. The van der Waals surface area contributed by atoms with Crippen LogP contribution in [0.3, 0.4) is 0 Å². The summed E-state index contributed by atoms with van der Waals surface area (Å²) in [5.74, 6) is 0. The van der Waals surface area contributed by atoms with E-state index in [1.54, 1.807) is 6.20 Å². The number of nitrogens with zero attached hydrogens (tertiary/aromatic N) is 1. The first-order valence-electron chi connectivity index (χ1n) is 13.4. The number of hydrogen-bond acceptors (Lipinski definition) is 5. The predicted molar refractivity (Wildman–Crippen MR) is 150 cm³/mol. The van der Waals surface area contributed by atoms with Crippen LogP contribution in [0.4, 0.5) is 0 Å². The summed E-state index contributed by atoms with van der Waals surface area (Å²) in [6.45, 7) is 1.80. The Balaban J connectivity index is 1.28. The van der Waals surface area contributed by atoms with E-state index in [9.17, 15) is 0 Å². The largest absolute Gasteiger partial charge is 0.374 e. The quantitative estimate of drug-likeness (QED) is 0.219. The van der Waals surface area contributed by atoms with Gasteiger partial charge < -0.3 is 23.9 Å². The van der Waals surface area contributed by atoms with Gasteiger partial charge in [-0.15, -0.1) is 0 Å². The van der Waals surface area contributed by atoms with Crippen molar-refractivity contribution >= 4 is 11.0 Å². The molecule has 1 N–H and O–H groups in total. The molecule has 6 rings (SSSR count). The summed E-state index contributed by atoms with van der Waals surface area (Å²) < 4.78 is 26.1. The van der Waals surface area contributed by atoms with Crippen LogP contribution in [-0.4, -0.2) is 34.9 Å². The molecular weight excluding hydrogens is 488 g/mol. The van der Waals surface area contributed by atoms with E-state index < -0.39 is 0 Å². The molecule has 3 heterocycles. The van der Waals surface area contributed by atoms with E-state index in [1.807, 2.05) is 66.9 Å². The zero-order valence-electron chi connectivity index (χ0n) is 21.7. The number of rotatable bonds is 11. The number of aromatic amines is 1. The lowest BCUT2D eigenvalue weighted by Gasteiger charge is -2.25. The minimum atomic E-state index is -0.349. The molecule has 0 saturated carbocycles. The van der Waals surface area contributed by atoms with Crippen molar-refractivity contribution in [2.24, 2.45) is 0 Å². The Kier molecular flexibility index (Phi) is 8.07. The van der Waals surface area contributed by atoms with Gasteiger partial charge in [0.25, 0.3) is 0 Å². The van der Waals surface area contributed by atoms with E-state index in [2.05, 4.69) is 52.4 Å². The Morgan fingerprint density at radius 1 is 0.667 bits per heavy atom. The van der Waals surface area contributed by atoms with Crippen LogP contribution in [0.25, 0.3) is 11.0 Å². The van der Waals surface area contributed by atoms with Crippen LogP contribution < -0.4 is 0 Å². The molecule has 6 nitrogen and oxygen atoms in total. The molecule has 0 amide bonds. The monoisotopic (exact) mass is 520 g/mol. The number of aromatic nitrogens is 2. The molecule has 1 aliphatic rings. The molecule has 0 spiro atoms. The molecule has 3 aromatic carbocycles. The molecule has 198 valence electrons. The fourth-order valence-corrected chi connectivity index (χ4v) is 5.11. The van der Waals surface area contributed by atoms with E-state index in [1.165, 1.54) is 0 Å². The molecule has 0 aliphatic carbocycles. The Labute approximate surface area is 228 Å². The zero-order valence-corrected chi connectivity index (χ0v) is 21.7. The van der Waals surface area contributed by atoms with Crippen molar-refractivity contribution in [3.05, 3.63) is 138 Å². The third-order valence-electron chi connectivity index (χ3n) is 7.06. The Bertz CT molecular complexity index is 1440. The highest BCUT2D eigenvalue weighted by Gasteiger charge is 2.47. The summed E-state index contributed by atoms with van der Waals surface area (Å²) in [5.41, 5.74) is 5.15. The summed E-state index contributed by atoms with van der Waals surface area (Å²) in [7, 11) is 0. The molecule has 1 saturated heterocycles. The molecule has 4 atom stereocenters. The van der Waals surface area contributed by atoms with E-state index in [4.69, 9.17) is 18.9 Å². The molecular formula is C33H32N2O4. The van der Waals surface area contributed by atoms with Gasteiger partial charge in [0.1, 0.15) is 30.1 Å². The average molecular weight is 521 g/mol. The van der Waals surface area contributed by atoms with Crippen molar-refractivity contribution in [2.45, 2.75) is 44.2 Å². The molecule has 6 heteroatoms. The second-order valence-corrected chi connectivity index (χ2v) is 9.76. The molecule has 1 fully saturated rings. The summed E-state index contributed by atoms with van der Waals surface area (Å²) in [4.78, 5) is 7.77. The first kappa shape index (κ1) is 25.5. The minimum absolute atomic E-state index is 0.315. The van der Waals surface area contributed by atoms with Gasteiger partial charge in [-0.2, -0.15) is 0 Å². The fourth-order valence-electron chi connectivity index (χ4n) is 5.11. The van der Waals surface area contributed by atoms with Crippen molar-refractivity contribution in [2.75, 3.05) is 6.61 Å². The van der Waals surface area contributed by atoms with E-state index in [0.29, 0.717) is 26.4 Å². The lowest BCUT2D eigenvalue weighted by molar-refractivity contribution is -0.0898. The highest BCUT2D eigenvalue weighted by Crippen LogP contribution is 2.40. The number of H-pyrrole nitrogens is 1. The lowest BCUT2D eigenvalue weighted by Crippen LogP contribution is -2.37. The SMILES string of the molecule is c1ccc(COC[C@H]2O[C@H](c3c[nH]c4ncccc34)[C@@H](OCc3ccccc3)[C@@H]2OCc2ccccc2)cc1. The minimum Gasteiger partial charge on any atom is -0.374 e. The number of pyridine rings is 1. The van der Waals surface area contributed by atoms with Crippen LogP contribution in [0.2, 0.25) is 0 Å². The molecule has 0 bridgehead atoms.